The molecule has 2 heterocycles. The van der Waals surface area contributed by atoms with E-state index in [0.717, 1.165) is 16.8 Å². The van der Waals surface area contributed by atoms with E-state index in [-0.39, 0.29) is 17.6 Å². The molecule has 0 radical (unpaired) electrons. The van der Waals surface area contributed by atoms with E-state index >= 15 is 0 Å². The van der Waals surface area contributed by atoms with Gasteiger partial charge in [0, 0.05) is 35.1 Å². The molecule has 4 rings (SSSR count). The third-order valence-corrected chi connectivity index (χ3v) is 6.56. The lowest BCUT2D eigenvalue weighted by Gasteiger charge is -2.15. The van der Waals surface area contributed by atoms with Crippen molar-refractivity contribution in [3.05, 3.63) is 84.2 Å². The van der Waals surface area contributed by atoms with Crippen molar-refractivity contribution in [2.75, 3.05) is 5.32 Å². The number of hydrogen-bond donors (Lipinski definition) is 1. The SMILES string of the molecule is Cc1ccccc1-n1c(S[C@@H](C)C(=O)c2ccc(NC(=O)C(C)C)cc2)nnc1-c1cccnc1. The largest absolute Gasteiger partial charge is 0.326 e. The van der Waals surface area contributed by atoms with Crippen LogP contribution in [0.3, 0.4) is 0 Å². The third-order valence-electron chi connectivity index (χ3n) is 5.52. The van der Waals surface area contributed by atoms with Crippen molar-refractivity contribution in [1.82, 2.24) is 19.7 Å². The van der Waals surface area contributed by atoms with Gasteiger partial charge in [-0.15, -0.1) is 10.2 Å². The second-order valence-corrected chi connectivity index (χ2v) is 9.82. The van der Waals surface area contributed by atoms with Gasteiger partial charge in [-0.3, -0.25) is 19.1 Å². The molecule has 0 aliphatic carbocycles. The van der Waals surface area contributed by atoms with Gasteiger partial charge in [-0.1, -0.05) is 43.8 Å². The van der Waals surface area contributed by atoms with Gasteiger partial charge >= 0.3 is 0 Å². The van der Waals surface area contributed by atoms with Crippen LogP contribution in [0, 0.1) is 12.8 Å². The van der Waals surface area contributed by atoms with E-state index in [0.29, 0.717) is 22.2 Å². The van der Waals surface area contributed by atoms with Gasteiger partial charge < -0.3 is 5.32 Å². The number of nitrogens with zero attached hydrogens (tertiary/aromatic N) is 4. The maximum atomic E-state index is 13.2. The Balaban J connectivity index is 1.60. The van der Waals surface area contributed by atoms with Gasteiger partial charge in [0.25, 0.3) is 0 Å². The van der Waals surface area contributed by atoms with Gasteiger partial charge in [0.05, 0.1) is 10.9 Å². The van der Waals surface area contributed by atoms with Gasteiger partial charge in [0.15, 0.2) is 16.8 Å². The van der Waals surface area contributed by atoms with Gasteiger partial charge in [0.2, 0.25) is 5.91 Å². The second kappa shape index (κ2) is 10.7. The van der Waals surface area contributed by atoms with Crippen LogP contribution in [0.15, 0.2) is 78.2 Å². The fourth-order valence-corrected chi connectivity index (χ4v) is 4.45. The number of aryl methyl sites for hydroxylation is 1. The first-order chi connectivity index (χ1) is 16.8. The van der Waals surface area contributed by atoms with Crippen LogP contribution in [0.1, 0.15) is 36.7 Å². The fraction of sp³-hybridized carbons (Fsp3) is 0.222. The molecule has 0 bridgehead atoms. The number of thioether (sulfide) groups is 1. The Labute approximate surface area is 209 Å². The molecule has 4 aromatic rings. The molecule has 35 heavy (non-hydrogen) atoms. The molecular formula is C27H27N5O2S. The predicted octanol–water partition coefficient (Wildman–Crippen LogP) is 5.60. The Morgan fingerprint density at radius 1 is 0.943 bits per heavy atom. The summed E-state index contributed by atoms with van der Waals surface area (Å²) < 4.78 is 1.98. The zero-order valence-electron chi connectivity index (χ0n) is 20.1. The first kappa shape index (κ1) is 24.3. The lowest BCUT2D eigenvalue weighted by atomic mass is 10.1. The molecule has 1 N–H and O–H groups in total. The summed E-state index contributed by atoms with van der Waals surface area (Å²) in [5, 5.41) is 11.9. The summed E-state index contributed by atoms with van der Waals surface area (Å²) in [4.78, 5) is 29.3. The minimum atomic E-state index is -0.403. The van der Waals surface area contributed by atoms with Gasteiger partial charge in [-0.2, -0.15) is 0 Å². The van der Waals surface area contributed by atoms with Crippen LogP contribution in [-0.2, 0) is 4.79 Å². The summed E-state index contributed by atoms with van der Waals surface area (Å²) in [6.07, 6.45) is 3.47. The number of rotatable bonds is 8. The number of anilines is 1. The van der Waals surface area contributed by atoms with E-state index in [1.807, 2.05) is 68.7 Å². The minimum absolute atomic E-state index is 0.0287. The van der Waals surface area contributed by atoms with Crippen LogP contribution >= 0.6 is 11.8 Å². The van der Waals surface area contributed by atoms with Crippen LogP contribution in [0.2, 0.25) is 0 Å². The summed E-state index contributed by atoms with van der Waals surface area (Å²) >= 11 is 1.36. The van der Waals surface area contributed by atoms with Crippen molar-refractivity contribution in [3.8, 4) is 17.1 Å². The Morgan fingerprint density at radius 3 is 2.34 bits per heavy atom. The number of benzene rings is 2. The zero-order chi connectivity index (χ0) is 24.9. The van der Waals surface area contributed by atoms with Crippen molar-refractivity contribution < 1.29 is 9.59 Å². The van der Waals surface area contributed by atoms with Crippen LogP contribution in [0.4, 0.5) is 5.69 Å². The number of Topliss-reactive ketones (excluding diaryl/α,β-unsaturated/α-hetero) is 1. The van der Waals surface area contributed by atoms with E-state index in [9.17, 15) is 9.59 Å². The Bertz CT molecular complexity index is 1330. The van der Waals surface area contributed by atoms with E-state index in [1.54, 1.807) is 36.7 Å². The number of amides is 1. The molecule has 2 aromatic carbocycles. The number of para-hydroxylation sites is 1. The van der Waals surface area contributed by atoms with E-state index < -0.39 is 5.25 Å². The summed E-state index contributed by atoms with van der Waals surface area (Å²) in [6.45, 7) is 7.57. The molecule has 0 fully saturated rings. The standard InChI is InChI=1S/C27H27N5O2S/c1-17(2)26(34)29-22-13-11-20(12-14-22)24(33)19(4)35-27-31-30-25(21-9-7-15-28-16-21)32(27)23-10-6-5-8-18(23)3/h5-17,19H,1-4H3,(H,29,34)/t19-/m0/s1. The number of pyridine rings is 1. The first-order valence-electron chi connectivity index (χ1n) is 11.4. The van der Waals surface area contributed by atoms with E-state index in [1.165, 1.54) is 11.8 Å². The quantitative estimate of drug-likeness (QED) is 0.258. The average molecular weight is 486 g/mol. The van der Waals surface area contributed by atoms with Crippen LogP contribution in [0.25, 0.3) is 17.1 Å². The fourth-order valence-electron chi connectivity index (χ4n) is 3.51. The number of carbonyl (C=O) groups excluding carboxylic acids is 2. The summed E-state index contributed by atoms with van der Waals surface area (Å²) in [5.74, 6) is 0.460. The minimum Gasteiger partial charge on any atom is -0.326 e. The van der Waals surface area contributed by atoms with Crippen molar-refractivity contribution >= 4 is 29.1 Å². The number of ketones is 1. The number of carbonyl (C=O) groups is 2. The van der Waals surface area contributed by atoms with E-state index in [4.69, 9.17) is 0 Å². The highest BCUT2D eigenvalue weighted by atomic mass is 32.2. The molecule has 0 spiro atoms. The molecular weight excluding hydrogens is 458 g/mol. The number of aromatic nitrogens is 4. The number of nitrogens with one attached hydrogen (secondary N) is 1. The molecule has 8 heteroatoms. The zero-order valence-corrected chi connectivity index (χ0v) is 20.9. The summed E-state index contributed by atoms with van der Waals surface area (Å²) in [6, 6.07) is 18.8. The normalized spacial score (nSPS) is 11.9. The first-order valence-corrected chi connectivity index (χ1v) is 12.3. The molecule has 0 aliphatic heterocycles. The van der Waals surface area contributed by atoms with E-state index in [2.05, 4.69) is 20.5 Å². The molecule has 178 valence electrons. The second-order valence-electron chi connectivity index (χ2n) is 8.52. The van der Waals surface area contributed by atoms with Crippen molar-refractivity contribution in [3.63, 3.8) is 0 Å². The third kappa shape index (κ3) is 5.49. The molecule has 0 unspecified atom stereocenters. The molecule has 0 saturated heterocycles. The highest BCUT2D eigenvalue weighted by molar-refractivity contribution is 8.00. The molecule has 1 amide bonds. The predicted molar refractivity (Wildman–Crippen MR) is 139 cm³/mol. The van der Waals surface area contributed by atoms with Crippen LogP contribution in [-0.4, -0.2) is 36.7 Å². The van der Waals surface area contributed by atoms with Gasteiger partial charge in [-0.25, -0.2) is 0 Å². The monoisotopic (exact) mass is 485 g/mol. The molecule has 0 aliphatic rings. The maximum Gasteiger partial charge on any atom is 0.226 e. The van der Waals surface area contributed by atoms with Crippen molar-refractivity contribution in [2.24, 2.45) is 5.92 Å². The van der Waals surface area contributed by atoms with Crippen molar-refractivity contribution in [1.29, 1.82) is 0 Å². The van der Waals surface area contributed by atoms with Crippen molar-refractivity contribution in [2.45, 2.75) is 38.1 Å². The van der Waals surface area contributed by atoms with Gasteiger partial charge in [0.1, 0.15) is 0 Å². The lowest BCUT2D eigenvalue weighted by molar-refractivity contribution is -0.118. The smallest absolute Gasteiger partial charge is 0.226 e. The molecule has 0 saturated carbocycles. The molecule has 2 aromatic heterocycles. The maximum absolute atomic E-state index is 13.2. The Hall–Kier alpha value is -3.78. The highest BCUT2D eigenvalue weighted by Gasteiger charge is 2.23. The summed E-state index contributed by atoms with van der Waals surface area (Å²) in [7, 11) is 0. The Morgan fingerprint density at radius 2 is 1.69 bits per heavy atom. The molecule has 7 nitrogen and oxygen atoms in total. The lowest BCUT2D eigenvalue weighted by Crippen LogP contribution is -2.18. The summed E-state index contributed by atoms with van der Waals surface area (Å²) in [5.41, 5.74) is 4.09. The average Bonchev–Trinajstić information content (AvgIpc) is 3.28. The topological polar surface area (TPSA) is 89.8 Å². The van der Waals surface area contributed by atoms with Gasteiger partial charge in [-0.05, 0) is 61.9 Å². The van der Waals surface area contributed by atoms with Crippen LogP contribution < -0.4 is 5.32 Å². The van der Waals surface area contributed by atoms with Crippen LogP contribution in [0.5, 0.6) is 0 Å². The highest BCUT2D eigenvalue weighted by Crippen LogP contribution is 2.32. The molecule has 1 atom stereocenters. The number of hydrogen-bond acceptors (Lipinski definition) is 6. The Kier molecular flexibility index (Phi) is 7.41.